The summed E-state index contributed by atoms with van der Waals surface area (Å²) in [6.45, 7) is 1.91. The van der Waals surface area contributed by atoms with E-state index in [0.717, 1.165) is 31.5 Å². The molecule has 2 heterocycles. The molecule has 0 unspecified atom stereocenters. The second kappa shape index (κ2) is 6.05. The molecule has 0 amide bonds. The number of hydrogen-bond acceptors (Lipinski definition) is 4. The Labute approximate surface area is 123 Å². The maximum atomic E-state index is 10.6. The van der Waals surface area contributed by atoms with Crippen LogP contribution in [0.3, 0.4) is 0 Å². The minimum atomic E-state index is -0.372. The zero-order chi connectivity index (χ0) is 14.7. The molecule has 2 aromatic rings. The number of nitrogens with zero attached hydrogens (tertiary/aromatic N) is 3. The topological polar surface area (TPSA) is 73.0 Å². The number of nitrogens with one attached hydrogen (secondary N) is 1. The van der Waals surface area contributed by atoms with Gasteiger partial charge in [-0.2, -0.15) is 0 Å². The van der Waals surface area contributed by atoms with Crippen molar-refractivity contribution in [2.75, 3.05) is 6.54 Å². The van der Waals surface area contributed by atoms with Crippen molar-refractivity contribution in [3.8, 4) is 0 Å². The molecule has 0 bridgehead atoms. The van der Waals surface area contributed by atoms with Crippen molar-refractivity contribution < 1.29 is 4.92 Å². The highest BCUT2D eigenvalue weighted by Gasteiger charge is 2.19. The summed E-state index contributed by atoms with van der Waals surface area (Å²) in [5, 5.41) is 14.1. The van der Waals surface area contributed by atoms with Gasteiger partial charge in [0, 0.05) is 30.9 Å². The van der Waals surface area contributed by atoms with Crippen molar-refractivity contribution >= 4 is 5.69 Å². The zero-order valence-corrected chi connectivity index (χ0v) is 11.7. The molecule has 0 aliphatic carbocycles. The van der Waals surface area contributed by atoms with E-state index in [9.17, 15) is 10.1 Å². The molecule has 1 atom stereocenters. The number of non-ortho nitro benzene ring substituents is 1. The van der Waals surface area contributed by atoms with Crippen molar-refractivity contribution in [2.45, 2.75) is 31.8 Å². The first-order valence-electron chi connectivity index (χ1n) is 7.21. The van der Waals surface area contributed by atoms with Gasteiger partial charge in [0.1, 0.15) is 0 Å². The fourth-order valence-corrected chi connectivity index (χ4v) is 2.78. The van der Waals surface area contributed by atoms with E-state index in [1.165, 1.54) is 12.1 Å². The van der Waals surface area contributed by atoms with Crippen molar-refractivity contribution in [1.29, 1.82) is 0 Å². The van der Waals surface area contributed by atoms with Crippen molar-refractivity contribution in [3.63, 3.8) is 0 Å². The van der Waals surface area contributed by atoms with E-state index in [1.807, 2.05) is 24.7 Å². The van der Waals surface area contributed by atoms with Gasteiger partial charge in [-0.3, -0.25) is 10.1 Å². The summed E-state index contributed by atoms with van der Waals surface area (Å²) in [5.74, 6) is 0. The van der Waals surface area contributed by atoms with E-state index < -0.39 is 0 Å². The number of aryl methyl sites for hydroxylation is 2. The molecule has 1 N–H and O–H groups in total. The van der Waals surface area contributed by atoms with E-state index in [0.29, 0.717) is 6.04 Å². The number of aromatic nitrogens is 2. The molecular weight excluding hydrogens is 268 g/mol. The van der Waals surface area contributed by atoms with Crippen LogP contribution in [0.2, 0.25) is 0 Å². The van der Waals surface area contributed by atoms with Gasteiger partial charge in [0.2, 0.25) is 0 Å². The smallest absolute Gasteiger partial charge is 0.269 e. The first kappa shape index (κ1) is 13.8. The lowest BCUT2D eigenvalue weighted by Crippen LogP contribution is -2.17. The molecule has 110 valence electrons. The molecule has 21 heavy (non-hydrogen) atoms. The Morgan fingerprint density at radius 1 is 1.38 bits per heavy atom. The van der Waals surface area contributed by atoms with Crippen LogP contribution in [0.5, 0.6) is 0 Å². The molecule has 6 nitrogen and oxygen atoms in total. The number of rotatable bonds is 5. The molecule has 3 rings (SSSR count). The Kier molecular flexibility index (Phi) is 3.96. The van der Waals surface area contributed by atoms with E-state index >= 15 is 0 Å². The normalized spacial score (nSPS) is 18.0. The third-order valence-corrected chi connectivity index (χ3v) is 3.95. The van der Waals surface area contributed by atoms with Crippen LogP contribution in [-0.4, -0.2) is 21.0 Å². The summed E-state index contributed by atoms with van der Waals surface area (Å²) < 4.78 is 2.17. The van der Waals surface area contributed by atoms with Crippen LogP contribution < -0.4 is 5.32 Å². The minimum absolute atomic E-state index is 0.136. The lowest BCUT2D eigenvalue weighted by molar-refractivity contribution is -0.384. The van der Waals surface area contributed by atoms with Gasteiger partial charge in [-0.05, 0) is 31.4 Å². The largest absolute Gasteiger partial charge is 0.333 e. The van der Waals surface area contributed by atoms with Crippen molar-refractivity contribution in [1.82, 2.24) is 14.9 Å². The Morgan fingerprint density at radius 2 is 2.19 bits per heavy atom. The van der Waals surface area contributed by atoms with Crippen LogP contribution in [0.15, 0.2) is 36.8 Å². The Bertz CT molecular complexity index is 615. The summed E-state index contributed by atoms with van der Waals surface area (Å²) in [4.78, 5) is 14.5. The minimum Gasteiger partial charge on any atom is -0.333 e. The lowest BCUT2D eigenvalue weighted by Gasteiger charge is -2.13. The van der Waals surface area contributed by atoms with Crippen LogP contribution in [-0.2, 0) is 13.0 Å². The number of nitro groups is 1. The Morgan fingerprint density at radius 3 is 2.86 bits per heavy atom. The van der Waals surface area contributed by atoms with Gasteiger partial charge in [0.25, 0.3) is 5.69 Å². The fraction of sp³-hybridized carbons (Fsp3) is 0.400. The first-order valence-corrected chi connectivity index (χ1v) is 7.21. The van der Waals surface area contributed by atoms with E-state index in [4.69, 9.17) is 0 Å². The molecule has 1 saturated heterocycles. The fourth-order valence-electron chi connectivity index (χ4n) is 2.78. The monoisotopic (exact) mass is 286 g/mol. The Hall–Kier alpha value is -2.21. The summed E-state index contributed by atoms with van der Waals surface area (Å²) in [5.41, 5.74) is 2.46. The Balaban J connectivity index is 1.65. The molecule has 1 aromatic heterocycles. The number of hydrogen-bond donors (Lipinski definition) is 1. The molecule has 0 saturated carbocycles. The quantitative estimate of drug-likeness (QED) is 0.677. The van der Waals surface area contributed by atoms with Crippen LogP contribution in [0.1, 0.15) is 30.1 Å². The van der Waals surface area contributed by atoms with Crippen LogP contribution >= 0.6 is 0 Å². The molecule has 1 aliphatic rings. The molecule has 1 fully saturated rings. The van der Waals surface area contributed by atoms with E-state index in [1.54, 1.807) is 12.1 Å². The third kappa shape index (κ3) is 3.11. The van der Waals surface area contributed by atoms with Gasteiger partial charge in [-0.1, -0.05) is 12.1 Å². The standard InChI is InChI=1S/C15H18N4O2/c20-19(21)13-5-3-12(4-6-13)7-9-18-11-16-10-15(18)14-2-1-8-17-14/h3-6,10-11,14,17H,1-2,7-9H2/t14-/m0/s1. The highest BCUT2D eigenvalue weighted by molar-refractivity contribution is 5.32. The molecular formula is C15H18N4O2. The van der Waals surface area contributed by atoms with E-state index in [-0.39, 0.29) is 10.6 Å². The van der Waals surface area contributed by atoms with Crippen LogP contribution in [0, 0.1) is 10.1 Å². The third-order valence-electron chi connectivity index (χ3n) is 3.95. The summed E-state index contributed by atoms with van der Waals surface area (Å²) in [7, 11) is 0. The first-order chi connectivity index (χ1) is 10.2. The second-order valence-electron chi connectivity index (χ2n) is 5.33. The van der Waals surface area contributed by atoms with Gasteiger partial charge in [-0.25, -0.2) is 4.98 Å². The SMILES string of the molecule is O=[N+]([O-])c1ccc(CCn2cncc2[C@@H]2CCCN2)cc1. The summed E-state index contributed by atoms with van der Waals surface area (Å²) in [6.07, 6.45) is 7.00. The maximum absolute atomic E-state index is 10.6. The zero-order valence-electron chi connectivity index (χ0n) is 11.7. The van der Waals surface area contributed by atoms with Gasteiger partial charge < -0.3 is 9.88 Å². The molecule has 1 aliphatic heterocycles. The number of imidazole rings is 1. The average Bonchev–Trinajstić information content (AvgIpc) is 3.16. The van der Waals surface area contributed by atoms with Crippen LogP contribution in [0.25, 0.3) is 0 Å². The highest BCUT2D eigenvalue weighted by atomic mass is 16.6. The summed E-state index contributed by atoms with van der Waals surface area (Å²) >= 11 is 0. The predicted octanol–water partition coefficient (Wildman–Crippen LogP) is 2.46. The number of nitro benzene ring substituents is 1. The van der Waals surface area contributed by atoms with Crippen LogP contribution in [0.4, 0.5) is 5.69 Å². The molecule has 0 spiro atoms. The molecule has 0 radical (unpaired) electrons. The van der Waals surface area contributed by atoms with Gasteiger partial charge in [0.15, 0.2) is 0 Å². The van der Waals surface area contributed by atoms with E-state index in [2.05, 4.69) is 14.9 Å². The molecule has 1 aromatic carbocycles. The average molecular weight is 286 g/mol. The highest BCUT2D eigenvalue weighted by Crippen LogP contribution is 2.23. The van der Waals surface area contributed by atoms with Gasteiger partial charge in [-0.15, -0.1) is 0 Å². The van der Waals surface area contributed by atoms with Gasteiger partial charge in [0.05, 0.1) is 16.9 Å². The van der Waals surface area contributed by atoms with Gasteiger partial charge >= 0.3 is 0 Å². The summed E-state index contributed by atoms with van der Waals surface area (Å²) in [6, 6.07) is 7.17. The predicted molar refractivity (Wildman–Crippen MR) is 79.0 cm³/mol. The molecule has 6 heteroatoms. The lowest BCUT2D eigenvalue weighted by atomic mass is 10.1. The number of benzene rings is 1. The van der Waals surface area contributed by atoms with Crippen molar-refractivity contribution in [2.24, 2.45) is 0 Å². The van der Waals surface area contributed by atoms with Crippen molar-refractivity contribution in [3.05, 3.63) is 58.2 Å². The maximum Gasteiger partial charge on any atom is 0.269 e. The second-order valence-corrected chi connectivity index (χ2v) is 5.33.